The Morgan fingerprint density at radius 3 is 1.92 bits per heavy atom. The van der Waals surface area contributed by atoms with E-state index in [1.165, 1.54) is 0 Å². The highest BCUT2D eigenvalue weighted by atomic mass is 32.2. The van der Waals surface area contributed by atoms with Crippen LogP contribution in [0, 0.1) is 0 Å². The van der Waals surface area contributed by atoms with Crippen molar-refractivity contribution in [2.24, 2.45) is 5.14 Å². The summed E-state index contributed by atoms with van der Waals surface area (Å²) in [5, 5.41) is 4.96. The van der Waals surface area contributed by atoms with Crippen LogP contribution < -0.4 is 5.14 Å². The minimum Gasteiger partial charge on any atom is -0.248 e. The van der Waals surface area contributed by atoms with E-state index in [4.69, 9.17) is 5.14 Å². The molecule has 0 aromatic heterocycles. The number of alkyl halides is 3. The summed E-state index contributed by atoms with van der Waals surface area (Å²) >= 11 is 0. The van der Waals surface area contributed by atoms with Gasteiger partial charge in [0.2, 0.25) is 0 Å². The second-order valence-electron chi connectivity index (χ2n) is 2.32. The van der Waals surface area contributed by atoms with Crippen LogP contribution in [0.4, 0.5) is 13.2 Å². The van der Waals surface area contributed by atoms with Gasteiger partial charge in [-0.25, -0.2) is 9.35 Å². The van der Waals surface area contributed by atoms with Crippen molar-refractivity contribution in [3.8, 4) is 0 Å². The zero-order chi connectivity index (χ0) is 10.1. The molecule has 0 bridgehead atoms. The highest BCUT2D eigenvalue weighted by Crippen LogP contribution is 2.29. The van der Waals surface area contributed by atoms with Crippen LogP contribution in [-0.2, 0) is 17.2 Å². The highest BCUT2D eigenvalue weighted by Gasteiger charge is 2.29. The summed E-state index contributed by atoms with van der Waals surface area (Å²) in [5.41, 5.74) is -0.776. The van der Waals surface area contributed by atoms with E-state index in [1.54, 1.807) is 0 Å². The summed E-state index contributed by atoms with van der Waals surface area (Å²) in [6.45, 7) is 0. The van der Waals surface area contributed by atoms with Crippen LogP contribution in [0.1, 0.15) is 5.56 Å². The van der Waals surface area contributed by atoms with E-state index >= 15 is 0 Å². The second-order valence-corrected chi connectivity index (χ2v) is 3.39. The van der Waals surface area contributed by atoms with Gasteiger partial charge in [0.05, 0.1) is 10.5 Å². The number of nitrogens with two attached hydrogens (primary N) is 1. The fraction of sp³-hybridized carbons (Fsp3) is 0.143. The molecular formula is C7H6F3NOS. The summed E-state index contributed by atoms with van der Waals surface area (Å²) in [4.78, 5) is 0.174. The molecule has 0 heterocycles. The maximum Gasteiger partial charge on any atom is 0.416 e. The van der Waals surface area contributed by atoms with Gasteiger partial charge in [-0.15, -0.1) is 0 Å². The monoisotopic (exact) mass is 209 g/mol. The van der Waals surface area contributed by atoms with Gasteiger partial charge >= 0.3 is 6.18 Å². The Balaban J connectivity index is 3.01. The Morgan fingerprint density at radius 2 is 1.62 bits per heavy atom. The molecular weight excluding hydrogens is 203 g/mol. The van der Waals surface area contributed by atoms with Crippen molar-refractivity contribution in [2.45, 2.75) is 11.1 Å². The fourth-order valence-electron chi connectivity index (χ4n) is 0.778. The standard InChI is InChI=1S/C7H6F3NOS/c8-7(9,10)5-1-3-6(4-2-5)13(11)12/h1-4H,11H2. The summed E-state index contributed by atoms with van der Waals surface area (Å²) in [6, 6.07) is 3.89. The molecule has 0 amide bonds. The lowest BCUT2D eigenvalue weighted by molar-refractivity contribution is -0.137. The first-order chi connectivity index (χ1) is 5.91. The molecule has 0 aliphatic heterocycles. The van der Waals surface area contributed by atoms with Crippen molar-refractivity contribution in [2.75, 3.05) is 0 Å². The second kappa shape index (κ2) is 3.47. The Labute approximate surface area is 75.1 Å². The predicted octanol–water partition coefficient (Wildman–Crippen LogP) is 1.69. The third-order valence-electron chi connectivity index (χ3n) is 1.41. The Morgan fingerprint density at radius 1 is 1.15 bits per heavy atom. The molecule has 0 fully saturated rings. The van der Waals surface area contributed by atoms with Gasteiger partial charge in [0.25, 0.3) is 0 Å². The summed E-state index contributed by atoms with van der Waals surface area (Å²) < 4.78 is 46.7. The molecule has 2 nitrogen and oxygen atoms in total. The molecule has 1 atom stereocenters. The third kappa shape index (κ3) is 2.53. The van der Waals surface area contributed by atoms with Crippen LogP contribution in [0.25, 0.3) is 0 Å². The van der Waals surface area contributed by atoms with E-state index in [1.807, 2.05) is 0 Å². The van der Waals surface area contributed by atoms with Crippen molar-refractivity contribution in [1.82, 2.24) is 0 Å². The Hall–Kier alpha value is -0.880. The van der Waals surface area contributed by atoms with E-state index in [0.717, 1.165) is 24.3 Å². The molecule has 1 aromatic carbocycles. The number of hydrogen-bond acceptors (Lipinski definition) is 1. The fourth-order valence-corrected chi connectivity index (χ4v) is 1.18. The quantitative estimate of drug-likeness (QED) is 0.751. The average molecular weight is 209 g/mol. The number of rotatable bonds is 1. The minimum atomic E-state index is -4.37. The van der Waals surface area contributed by atoms with Gasteiger partial charge in [0.15, 0.2) is 0 Å². The maximum absolute atomic E-state index is 12.0. The zero-order valence-corrected chi connectivity index (χ0v) is 7.15. The van der Waals surface area contributed by atoms with E-state index in [2.05, 4.69) is 0 Å². The lowest BCUT2D eigenvalue weighted by Gasteiger charge is -2.05. The van der Waals surface area contributed by atoms with Crippen LogP contribution in [0.2, 0.25) is 0 Å². The molecule has 2 N–H and O–H groups in total. The average Bonchev–Trinajstić information content (AvgIpc) is 2.03. The Kier molecular flexibility index (Phi) is 2.72. The van der Waals surface area contributed by atoms with Gasteiger partial charge in [-0.1, -0.05) is 0 Å². The molecule has 0 aliphatic rings. The smallest absolute Gasteiger partial charge is 0.248 e. The van der Waals surface area contributed by atoms with E-state index in [9.17, 15) is 17.4 Å². The first kappa shape index (κ1) is 10.2. The van der Waals surface area contributed by atoms with Crippen LogP contribution in [0.3, 0.4) is 0 Å². The van der Waals surface area contributed by atoms with Crippen molar-refractivity contribution >= 4 is 11.0 Å². The van der Waals surface area contributed by atoms with Gasteiger partial charge in [0.1, 0.15) is 11.0 Å². The van der Waals surface area contributed by atoms with Crippen LogP contribution in [0.15, 0.2) is 29.2 Å². The van der Waals surface area contributed by atoms with E-state index < -0.39 is 22.7 Å². The minimum absolute atomic E-state index is 0.174. The molecule has 1 rings (SSSR count). The third-order valence-corrected chi connectivity index (χ3v) is 2.15. The molecule has 0 radical (unpaired) electrons. The molecule has 0 aliphatic carbocycles. The SMILES string of the molecule is NS(=O)c1ccc(C(F)(F)F)cc1. The van der Waals surface area contributed by atoms with Gasteiger partial charge in [-0.3, -0.25) is 0 Å². The van der Waals surface area contributed by atoms with Crippen molar-refractivity contribution in [1.29, 1.82) is 0 Å². The molecule has 0 spiro atoms. The lowest BCUT2D eigenvalue weighted by Crippen LogP contribution is -2.06. The molecule has 0 saturated heterocycles. The van der Waals surface area contributed by atoms with Crippen LogP contribution in [-0.4, -0.2) is 4.21 Å². The van der Waals surface area contributed by atoms with E-state index in [0.29, 0.717) is 0 Å². The molecule has 1 aromatic rings. The van der Waals surface area contributed by atoms with Crippen molar-refractivity contribution in [3.05, 3.63) is 29.8 Å². The summed E-state index contributed by atoms with van der Waals surface area (Å²) in [5.74, 6) is 0. The zero-order valence-electron chi connectivity index (χ0n) is 6.34. The van der Waals surface area contributed by atoms with Crippen LogP contribution in [0.5, 0.6) is 0 Å². The summed E-state index contributed by atoms with van der Waals surface area (Å²) in [7, 11) is -1.73. The Bertz CT molecular complexity index is 320. The molecule has 1 unspecified atom stereocenters. The first-order valence-electron chi connectivity index (χ1n) is 3.24. The first-order valence-corrected chi connectivity index (χ1v) is 4.46. The van der Waals surface area contributed by atoms with Crippen molar-refractivity contribution < 1.29 is 17.4 Å². The van der Waals surface area contributed by atoms with Gasteiger partial charge in [-0.05, 0) is 24.3 Å². The number of hydrogen-bond donors (Lipinski definition) is 1. The lowest BCUT2D eigenvalue weighted by atomic mass is 10.2. The van der Waals surface area contributed by atoms with E-state index in [-0.39, 0.29) is 4.90 Å². The van der Waals surface area contributed by atoms with Gasteiger partial charge < -0.3 is 0 Å². The maximum atomic E-state index is 12.0. The molecule has 72 valence electrons. The van der Waals surface area contributed by atoms with Gasteiger partial charge in [0, 0.05) is 0 Å². The number of benzene rings is 1. The van der Waals surface area contributed by atoms with Gasteiger partial charge in [-0.2, -0.15) is 13.2 Å². The topological polar surface area (TPSA) is 43.1 Å². The summed E-state index contributed by atoms with van der Waals surface area (Å²) in [6.07, 6.45) is -4.37. The van der Waals surface area contributed by atoms with Crippen LogP contribution >= 0.6 is 0 Å². The highest BCUT2D eigenvalue weighted by molar-refractivity contribution is 7.82. The normalized spacial score (nSPS) is 14.2. The number of halogens is 3. The predicted molar refractivity (Wildman–Crippen MR) is 42.0 cm³/mol. The van der Waals surface area contributed by atoms with Crippen molar-refractivity contribution in [3.63, 3.8) is 0 Å². The molecule has 6 heteroatoms. The molecule has 13 heavy (non-hydrogen) atoms. The molecule has 0 saturated carbocycles. The largest absolute Gasteiger partial charge is 0.416 e.